The van der Waals surface area contributed by atoms with Crippen molar-refractivity contribution in [1.29, 1.82) is 0 Å². The summed E-state index contributed by atoms with van der Waals surface area (Å²) in [6.45, 7) is 3.76. The van der Waals surface area contributed by atoms with E-state index in [0.717, 1.165) is 0 Å². The molecule has 24 heavy (non-hydrogen) atoms. The Morgan fingerprint density at radius 2 is 1.79 bits per heavy atom. The monoisotopic (exact) mass is 367 g/mol. The predicted molar refractivity (Wildman–Crippen MR) is 95.7 cm³/mol. The van der Waals surface area contributed by atoms with Gasteiger partial charge in [0.15, 0.2) is 0 Å². The van der Waals surface area contributed by atoms with E-state index < -0.39 is 10.0 Å². The normalized spacial score (nSPS) is 11.0. The van der Waals surface area contributed by atoms with Gasteiger partial charge in [-0.05, 0) is 42.5 Å². The van der Waals surface area contributed by atoms with Gasteiger partial charge in [0.05, 0.1) is 36.4 Å². The predicted octanol–water partition coefficient (Wildman–Crippen LogP) is 3.74. The maximum Gasteiger partial charge on any atom is 0.264 e. The van der Waals surface area contributed by atoms with E-state index in [1.807, 2.05) is 0 Å². The lowest BCUT2D eigenvalue weighted by Gasteiger charge is -2.23. The highest BCUT2D eigenvalue weighted by atomic mass is 35.5. The number of anilines is 1. The van der Waals surface area contributed by atoms with Crippen LogP contribution in [0, 0.1) is 0 Å². The van der Waals surface area contributed by atoms with Crippen LogP contribution in [0.1, 0.15) is 0 Å². The lowest BCUT2D eigenvalue weighted by molar-refractivity contribution is 0.414. The molecule has 0 atom stereocenters. The summed E-state index contributed by atoms with van der Waals surface area (Å²) < 4.78 is 37.4. The summed E-state index contributed by atoms with van der Waals surface area (Å²) in [5.74, 6) is 1.05. The van der Waals surface area contributed by atoms with Crippen molar-refractivity contribution >= 4 is 27.3 Å². The van der Waals surface area contributed by atoms with Crippen molar-refractivity contribution in [2.45, 2.75) is 4.90 Å². The molecule has 2 aromatic rings. The molecule has 0 aliphatic rings. The van der Waals surface area contributed by atoms with Crippen molar-refractivity contribution in [2.75, 3.05) is 25.1 Å². The number of ether oxygens (including phenoxy) is 2. The molecule has 0 aliphatic carbocycles. The molecule has 7 heteroatoms. The number of rotatable bonds is 7. The Hall–Kier alpha value is -2.18. The summed E-state index contributed by atoms with van der Waals surface area (Å²) in [6.07, 6.45) is 1.52. The highest BCUT2D eigenvalue weighted by molar-refractivity contribution is 7.92. The second kappa shape index (κ2) is 7.59. The molecule has 2 rings (SSSR count). The van der Waals surface area contributed by atoms with Crippen LogP contribution in [-0.4, -0.2) is 29.2 Å². The van der Waals surface area contributed by atoms with E-state index in [4.69, 9.17) is 21.1 Å². The Bertz CT molecular complexity index is 819. The average Bonchev–Trinajstić information content (AvgIpc) is 2.59. The maximum absolute atomic E-state index is 13.0. The van der Waals surface area contributed by atoms with Crippen LogP contribution in [0.25, 0.3) is 0 Å². The Balaban J connectivity index is 2.48. The van der Waals surface area contributed by atoms with Gasteiger partial charge in [0.2, 0.25) is 0 Å². The Kier molecular flexibility index (Phi) is 5.75. The summed E-state index contributed by atoms with van der Waals surface area (Å²) in [6, 6.07) is 11.1. The average molecular weight is 368 g/mol. The molecule has 0 amide bonds. The van der Waals surface area contributed by atoms with E-state index in [1.54, 1.807) is 31.4 Å². The first-order valence-corrected chi connectivity index (χ1v) is 8.87. The number of methoxy groups -OCH3 is 2. The SMILES string of the molecule is C=CCN(c1ccc(OC)cc1)S(=O)(=O)c1ccc(OC)c(Cl)c1. The van der Waals surface area contributed by atoms with E-state index in [9.17, 15) is 8.42 Å². The van der Waals surface area contributed by atoms with E-state index in [2.05, 4.69) is 6.58 Å². The van der Waals surface area contributed by atoms with Gasteiger partial charge in [-0.2, -0.15) is 0 Å². The molecule has 0 saturated heterocycles. The van der Waals surface area contributed by atoms with E-state index in [0.29, 0.717) is 17.2 Å². The fourth-order valence-corrected chi connectivity index (χ4v) is 3.93. The third-order valence-corrected chi connectivity index (χ3v) is 5.45. The van der Waals surface area contributed by atoms with Crippen molar-refractivity contribution in [1.82, 2.24) is 0 Å². The molecule has 0 aromatic heterocycles. The van der Waals surface area contributed by atoms with Crippen LogP contribution in [0.3, 0.4) is 0 Å². The van der Waals surface area contributed by atoms with Crippen molar-refractivity contribution in [2.24, 2.45) is 0 Å². The molecule has 5 nitrogen and oxygen atoms in total. The van der Waals surface area contributed by atoms with Crippen LogP contribution in [0.5, 0.6) is 11.5 Å². The zero-order chi connectivity index (χ0) is 17.7. The van der Waals surface area contributed by atoms with Gasteiger partial charge in [-0.25, -0.2) is 8.42 Å². The molecule has 0 spiro atoms. The van der Waals surface area contributed by atoms with Gasteiger partial charge in [-0.3, -0.25) is 4.31 Å². The summed E-state index contributed by atoms with van der Waals surface area (Å²) in [5.41, 5.74) is 0.502. The topological polar surface area (TPSA) is 55.8 Å². The zero-order valence-electron chi connectivity index (χ0n) is 13.4. The smallest absolute Gasteiger partial charge is 0.264 e. The van der Waals surface area contributed by atoms with Gasteiger partial charge in [0.1, 0.15) is 11.5 Å². The first kappa shape index (κ1) is 18.2. The quantitative estimate of drug-likeness (QED) is 0.699. The van der Waals surface area contributed by atoms with Gasteiger partial charge >= 0.3 is 0 Å². The van der Waals surface area contributed by atoms with Crippen LogP contribution in [0.15, 0.2) is 60.0 Å². The molecule has 0 radical (unpaired) electrons. The number of benzene rings is 2. The van der Waals surface area contributed by atoms with Crippen molar-refractivity contribution in [3.8, 4) is 11.5 Å². The molecule has 0 saturated carbocycles. The fraction of sp³-hybridized carbons (Fsp3) is 0.176. The van der Waals surface area contributed by atoms with Crippen LogP contribution in [0.2, 0.25) is 5.02 Å². The number of hydrogen-bond acceptors (Lipinski definition) is 4. The summed E-state index contributed by atoms with van der Waals surface area (Å²) in [7, 11) is -0.785. The lowest BCUT2D eigenvalue weighted by atomic mass is 10.3. The minimum atomic E-state index is -3.80. The maximum atomic E-state index is 13.0. The molecule has 2 aromatic carbocycles. The molecule has 0 aliphatic heterocycles. The standard InChI is InChI=1S/C17H18ClNO4S/c1-4-11-19(13-5-7-14(22-2)8-6-13)24(20,21)15-9-10-17(23-3)16(18)12-15/h4-10,12H,1,11H2,2-3H3. The molecule has 0 heterocycles. The fourth-order valence-electron chi connectivity index (χ4n) is 2.14. The van der Waals surface area contributed by atoms with Crippen LogP contribution in [-0.2, 0) is 10.0 Å². The molecular formula is C17H18ClNO4S. The Labute approximate surface area is 147 Å². The van der Waals surface area contributed by atoms with Crippen molar-refractivity contribution < 1.29 is 17.9 Å². The highest BCUT2D eigenvalue weighted by Crippen LogP contribution is 2.30. The van der Waals surface area contributed by atoms with Gasteiger partial charge in [0.25, 0.3) is 10.0 Å². The third-order valence-electron chi connectivity index (χ3n) is 3.37. The van der Waals surface area contributed by atoms with Crippen molar-refractivity contribution in [3.63, 3.8) is 0 Å². The molecule has 0 N–H and O–H groups in total. The number of nitrogens with zero attached hydrogens (tertiary/aromatic N) is 1. The minimum Gasteiger partial charge on any atom is -0.497 e. The number of halogens is 1. The third kappa shape index (κ3) is 3.66. The highest BCUT2D eigenvalue weighted by Gasteiger charge is 2.25. The second-order valence-electron chi connectivity index (χ2n) is 4.82. The van der Waals surface area contributed by atoms with Crippen LogP contribution >= 0.6 is 11.6 Å². The zero-order valence-corrected chi connectivity index (χ0v) is 15.0. The molecule has 0 bridgehead atoms. The van der Waals surface area contributed by atoms with E-state index >= 15 is 0 Å². The Morgan fingerprint density at radius 1 is 1.12 bits per heavy atom. The number of sulfonamides is 1. The first-order chi connectivity index (χ1) is 11.4. The van der Waals surface area contributed by atoms with E-state index in [1.165, 1.54) is 35.7 Å². The molecular weight excluding hydrogens is 350 g/mol. The van der Waals surface area contributed by atoms with Crippen LogP contribution < -0.4 is 13.8 Å². The number of hydrogen-bond donors (Lipinski definition) is 0. The Morgan fingerprint density at radius 3 is 2.29 bits per heavy atom. The van der Waals surface area contributed by atoms with Gasteiger partial charge in [0, 0.05) is 0 Å². The summed E-state index contributed by atoms with van der Waals surface area (Å²) >= 11 is 6.06. The molecule has 0 unspecified atom stereocenters. The van der Waals surface area contributed by atoms with Gasteiger partial charge in [-0.15, -0.1) is 6.58 Å². The molecule has 0 fully saturated rings. The van der Waals surface area contributed by atoms with Gasteiger partial charge < -0.3 is 9.47 Å². The largest absolute Gasteiger partial charge is 0.497 e. The lowest BCUT2D eigenvalue weighted by Crippen LogP contribution is -2.31. The first-order valence-electron chi connectivity index (χ1n) is 7.05. The van der Waals surface area contributed by atoms with Crippen LogP contribution in [0.4, 0.5) is 5.69 Å². The molecule has 128 valence electrons. The second-order valence-corrected chi connectivity index (χ2v) is 7.09. The minimum absolute atomic E-state index is 0.0750. The van der Waals surface area contributed by atoms with Crippen molar-refractivity contribution in [3.05, 3.63) is 60.1 Å². The summed E-state index contributed by atoms with van der Waals surface area (Å²) in [5, 5.41) is 0.229. The van der Waals surface area contributed by atoms with E-state index in [-0.39, 0.29) is 16.5 Å². The summed E-state index contributed by atoms with van der Waals surface area (Å²) in [4.78, 5) is 0.0750. The van der Waals surface area contributed by atoms with Gasteiger partial charge in [-0.1, -0.05) is 17.7 Å².